The molecule has 0 aromatic heterocycles. The summed E-state index contributed by atoms with van der Waals surface area (Å²) in [5.74, 6) is 1.33. The van der Waals surface area contributed by atoms with Gasteiger partial charge in [0.25, 0.3) is 0 Å². The predicted octanol–water partition coefficient (Wildman–Crippen LogP) is 3.10. The summed E-state index contributed by atoms with van der Waals surface area (Å²) < 4.78 is 0. The Morgan fingerprint density at radius 2 is 1.67 bits per heavy atom. The molecule has 0 heterocycles. The van der Waals surface area contributed by atoms with Gasteiger partial charge >= 0.3 is 0 Å². The van der Waals surface area contributed by atoms with E-state index in [0.29, 0.717) is 17.9 Å². The quantitative estimate of drug-likeness (QED) is 0.804. The third-order valence-corrected chi connectivity index (χ3v) is 6.20. The van der Waals surface area contributed by atoms with Gasteiger partial charge in [-0.1, -0.05) is 25.7 Å². The number of aliphatic hydroxyl groups excluding tert-OH is 1. The highest BCUT2D eigenvalue weighted by Crippen LogP contribution is 2.51. The molecule has 3 aliphatic rings. The van der Waals surface area contributed by atoms with Crippen LogP contribution in [0.3, 0.4) is 0 Å². The minimum absolute atomic E-state index is 0.405. The fraction of sp³-hybridized carbons (Fsp3) is 1.00. The molecule has 3 saturated carbocycles. The molecule has 3 unspecified atom stereocenters. The zero-order chi connectivity index (χ0) is 12.4. The van der Waals surface area contributed by atoms with Gasteiger partial charge < -0.3 is 10.4 Å². The molecule has 0 aliphatic heterocycles. The van der Waals surface area contributed by atoms with Crippen molar-refractivity contribution in [2.45, 2.75) is 70.3 Å². The summed E-state index contributed by atoms with van der Waals surface area (Å²) >= 11 is 0. The zero-order valence-corrected chi connectivity index (χ0v) is 11.7. The van der Waals surface area contributed by atoms with Crippen molar-refractivity contribution in [1.29, 1.82) is 0 Å². The molecule has 2 nitrogen and oxygen atoms in total. The van der Waals surface area contributed by atoms with E-state index in [1.165, 1.54) is 64.2 Å². The van der Waals surface area contributed by atoms with E-state index in [0.717, 1.165) is 18.5 Å². The van der Waals surface area contributed by atoms with E-state index in [9.17, 15) is 5.11 Å². The van der Waals surface area contributed by atoms with Crippen LogP contribution in [0.25, 0.3) is 0 Å². The highest BCUT2D eigenvalue weighted by molar-refractivity contribution is 5.02. The minimum Gasteiger partial charge on any atom is -0.396 e. The SMILES string of the molecule is OCC1CCCC1CNC1CCC12CCCCC2. The van der Waals surface area contributed by atoms with Crippen LogP contribution in [0.2, 0.25) is 0 Å². The van der Waals surface area contributed by atoms with Crippen LogP contribution in [0, 0.1) is 17.3 Å². The third-order valence-electron chi connectivity index (χ3n) is 6.20. The van der Waals surface area contributed by atoms with Crippen LogP contribution in [-0.4, -0.2) is 24.3 Å². The molecule has 3 fully saturated rings. The van der Waals surface area contributed by atoms with Gasteiger partial charge in [0.15, 0.2) is 0 Å². The highest BCUT2D eigenvalue weighted by atomic mass is 16.3. The molecule has 0 bridgehead atoms. The van der Waals surface area contributed by atoms with Crippen molar-refractivity contribution >= 4 is 0 Å². The van der Waals surface area contributed by atoms with E-state index in [4.69, 9.17) is 0 Å². The van der Waals surface area contributed by atoms with Crippen molar-refractivity contribution < 1.29 is 5.11 Å². The number of aliphatic hydroxyl groups is 1. The summed E-state index contributed by atoms with van der Waals surface area (Å²) in [5.41, 5.74) is 0.686. The summed E-state index contributed by atoms with van der Waals surface area (Å²) in [6, 6.07) is 0.803. The number of hydrogen-bond acceptors (Lipinski definition) is 2. The van der Waals surface area contributed by atoms with Crippen molar-refractivity contribution in [3.8, 4) is 0 Å². The lowest BCUT2D eigenvalue weighted by molar-refractivity contribution is 0.0193. The molecule has 0 radical (unpaired) electrons. The summed E-state index contributed by atoms with van der Waals surface area (Å²) in [4.78, 5) is 0. The van der Waals surface area contributed by atoms with Crippen LogP contribution >= 0.6 is 0 Å². The molecule has 0 amide bonds. The van der Waals surface area contributed by atoms with Crippen LogP contribution in [-0.2, 0) is 0 Å². The summed E-state index contributed by atoms with van der Waals surface area (Å²) in [7, 11) is 0. The first-order chi connectivity index (χ1) is 8.84. The second-order valence-electron chi connectivity index (χ2n) is 7.06. The average molecular weight is 251 g/mol. The first kappa shape index (κ1) is 12.9. The van der Waals surface area contributed by atoms with E-state index in [-0.39, 0.29) is 0 Å². The fourth-order valence-corrected chi connectivity index (χ4v) is 4.79. The van der Waals surface area contributed by atoms with Crippen molar-refractivity contribution in [2.24, 2.45) is 17.3 Å². The molecule has 2 N–H and O–H groups in total. The maximum absolute atomic E-state index is 9.39. The van der Waals surface area contributed by atoms with E-state index in [2.05, 4.69) is 5.32 Å². The van der Waals surface area contributed by atoms with Crippen molar-refractivity contribution in [3.05, 3.63) is 0 Å². The van der Waals surface area contributed by atoms with Gasteiger partial charge in [-0.05, 0) is 62.3 Å². The predicted molar refractivity (Wildman–Crippen MR) is 74.5 cm³/mol. The van der Waals surface area contributed by atoms with Crippen LogP contribution < -0.4 is 5.32 Å². The largest absolute Gasteiger partial charge is 0.396 e. The first-order valence-corrected chi connectivity index (χ1v) is 8.18. The lowest BCUT2D eigenvalue weighted by Crippen LogP contribution is -2.55. The number of nitrogens with one attached hydrogen (secondary N) is 1. The molecule has 2 heteroatoms. The smallest absolute Gasteiger partial charge is 0.0462 e. The monoisotopic (exact) mass is 251 g/mol. The zero-order valence-electron chi connectivity index (χ0n) is 11.7. The Hall–Kier alpha value is -0.0800. The van der Waals surface area contributed by atoms with Crippen molar-refractivity contribution in [1.82, 2.24) is 5.32 Å². The van der Waals surface area contributed by atoms with Gasteiger partial charge in [-0.25, -0.2) is 0 Å². The maximum Gasteiger partial charge on any atom is 0.0462 e. The molecule has 18 heavy (non-hydrogen) atoms. The van der Waals surface area contributed by atoms with Gasteiger partial charge in [0.1, 0.15) is 0 Å². The second kappa shape index (κ2) is 5.50. The molecule has 0 saturated heterocycles. The Kier molecular flexibility index (Phi) is 3.95. The van der Waals surface area contributed by atoms with E-state index < -0.39 is 0 Å². The van der Waals surface area contributed by atoms with Gasteiger partial charge in [-0.3, -0.25) is 0 Å². The Morgan fingerprint density at radius 1 is 0.889 bits per heavy atom. The van der Waals surface area contributed by atoms with Gasteiger partial charge in [0.2, 0.25) is 0 Å². The Bertz CT molecular complexity index is 272. The van der Waals surface area contributed by atoms with E-state index in [1.54, 1.807) is 0 Å². The first-order valence-electron chi connectivity index (χ1n) is 8.18. The number of hydrogen-bond donors (Lipinski definition) is 2. The lowest BCUT2D eigenvalue weighted by atomic mass is 9.57. The van der Waals surface area contributed by atoms with Crippen LogP contribution in [0.5, 0.6) is 0 Å². The standard InChI is InChI=1S/C16H29NO/c18-12-14-6-4-5-13(14)11-17-15-7-10-16(15)8-2-1-3-9-16/h13-15,17-18H,1-12H2. The molecule has 0 aromatic rings. The van der Waals surface area contributed by atoms with Crippen LogP contribution in [0.4, 0.5) is 0 Å². The lowest BCUT2D eigenvalue weighted by Gasteiger charge is -2.53. The third kappa shape index (κ3) is 2.34. The summed E-state index contributed by atoms with van der Waals surface area (Å²) in [5, 5.41) is 13.3. The Morgan fingerprint density at radius 3 is 2.33 bits per heavy atom. The Balaban J connectivity index is 1.48. The molecule has 3 aliphatic carbocycles. The Labute approximate surface area is 112 Å². The van der Waals surface area contributed by atoms with E-state index in [1.807, 2.05) is 0 Å². The van der Waals surface area contributed by atoms with Gasteiger partial charge in [-0.2, -0.15) is 0 Å². The summed E-state index contributed by atoms with van der Waals surface area (Å²) in [6.45, 7) is 1.57. The minimum atomic E-state index is 0.405. The van der Waals surface area contributed by atoms with Crippen LogP contribution in [0.1, 0.15) is 64.2 Å². The van der Waals surface area contributed by atoms with E-state index >= 15 is 0 Å². The molecular weight excluding hydrogens is 222 g/mol. The van der Waals surface area contributed by atoms with Crippen molar-refractivity contribution in [3.63, 3.8) is 0 Å². The molecule has 1 spiro atoms. The molecular formula is C16H29NO. The molecule has 104 valence electrons. The van der Waals surface area contributed by atoms with Gasteiger partial charge in [-0.15, -0.1) is 0 Å². The van der Waals surface area contributed by atoms with Gasteiger partial charge in [0.05, 0.1) is 0 Å². The molecule has 3 atom stereocenters. The highest BCUT2D eigenvalue weighted by Gasteiger charge is 2.46. The van der Waals surface area contributed by atoms with Crippen LogP contribution in [0.15, 0.2) is 0 Å². The molecule has 3 rings (SSSR count). The maximum atomic E-state index is 9.39. The molecule has 0 aromatic carbocycles. The second-order valence-corrected chi connectivity index (χ2v) is 7.06. The fourth-order valence-electron chi connectivity index (χ4n) is 4.79. The average Bonchev–Trinajstić information content (AvgIpc) is 2.86. The summed E-state index contributed by atoms with van der Waals surface area (Å²) in [6.07, 6.45) is 14.1. The number of rotatable bonds is 4. The topological polar surface area (TPSA) is 32.3 Å². The van der Waals surface area contributed by atoms with Crippen molar-refractivity contribution in [2.75, 3.05) is 13.2 Å². The van der Waals surface area contributed by atoms with Gasteiger partial charge in [0, 0.05) is 12.6 Å². The normalized spacial score (nSPS) is 38.8.